The summed E-state index contributed by atoms with van der Waals surface area (Å²) in [6, 6.07) is 9.57. The monoisotopic (exact) mass is 394 g/mol. The molecule has 0 radical (unpaired) electrons. The molecule has 2 aromatic heterocycles. The van der Waals surface area contributed by atoms with Crippen LogP contribution in [0, 0.1) is 19.8 Å². The fraction of sp³-hybridized carbons (Fsp3) is 0.364. The highest BCUT2D eigenvalue weighted by atomic mass is 16.4. The molecule has 29 heavy (non-hydrogen) atoms. The van der Waals surface area contributed by atoms with Gasteiger partial charge in [-0.1, -0.05) is 29.8 Å². The van der Waals surface area contributed by atoms with Crippen LogP contribution in [0.15, 0.2) is 36.5 Å². The van der Waals surface area contributed by atoms with Gasteiger partial charge in [-0.15, -0.1) is 0 Å². The second-order valence-electron chi connectivity index (χ2n) is 7.67. The quantitative estimate of drug-likeness (QED) is 0.641. The lowest BCUT2D eigenvalue weighted by atomic mass is 9.98. The van der Waals surface area contributed by atoms with E-state index in [2.05, 4.69) is 15.4 Å². The molecule has 0 fully saturated rings. The van der Waals surface area contributed by atoms with Crippen LogP contribution in [0.5, 0.6) is 0 Å². The summed E-state index contributed by atoms with van der Waals surface area (Å²) >= 11 is 0. The molecule has 0 spiro atoms. The van der Waals surface area contributed by atoms with Gasteiger partial charge in [0.05, 0.1) is 23.1 Å². The molecule has 1 aromatic carbocycles. The van der Waals surface area contributed by atoms with E-state index in [1.54, 1.807) is 16.9 Å². The summed E-state index contributed by atoms with van der Waals surface area (Å²) in [6.45, 7) is 7.84. The maximum absolute atomic E-state index is 12.9. The van der Waals surface area contributed by atoms with Gasteiger partial charge in [-0.05, 0) is 45.7 Å². The molecule has 3 rings (SSSR count). The zero-order valence-corrected chi connectivity index (χ0v) is 17.1. The number of pyridine rings is 1. The minimum Gasteiger partial charge on any atom is -0.481 e. The van der Waals surface area contributed by atoms with Crippen molar-refractivity contribution in [3.05, 3.63) is 58.9 Å². The van der Waals surface area contributed by atoms with Crippen LogP contribution < -0.4 is 5.32 Å². The predicted molar refractivity (Wildman–Crippen MR) is 111 cm³/mol. The first-order chi connectivity index (χ1) is 13.8. The van der Waals surface area contributed by atoms with Crippen LogP contribution in [-0.4, -0.2) is 38.3 Å². The smallest absolute Gasteiger partial charge is 0.308 e. The zero-order valence-electron chi connectivity index (χ0n) is 17.1. The number of benzene rings is 1. The molecule has 1 amide bonds. The number of aromatic nitrogens is 3. The van der Waals surface area contributed by atoms with Gasteiger partial charge in [-0.3, -0.25) is 9.59 Å². The Balaban J connectivity index is 1.79. The van der Waals surface area contributed by atoms with E-state index in [1.165, 1.54) is 0 Å². The van der Waals surface area contributed by atoms with Crippen LogP contribution in [0.1, 0.15) is 47.1 Å². The number of aliphatic carboxylic acids is 1. The number of carboxylic acids is 1. The number of fused-ring (bicyclic) bond motifs is 1. The molecule has 0 aliphatic heterocycles. The third kappa shape index (κ3) is 4.62. The summed E-state index contributed by atoms with van der Waals surface area (Å²) in [7, 11) is 0. The minimum absolute atomic E-state index is 0.0449. The number of nitrogens with one attached hydrogen (secondary N) is 1. The molecule has 0 aliphatic rings. The SMILES string of the molecule is Cc1cccc(CC(CNC(=O)c2cc(C)nc3c2cnn3C(C)C)C(=O)O)c1. The van der Waals surface area contributed by atoms with Crippen LogP contribution in [0.4, 0.5) is 0 Å². The highest BCUT2D eigenvalue weighted by Crippen LogP contribution is 2.21. The van der Waals surface area contributed by atoms with Gasteiger partial charge in [-0.2, -0.15) is 5.10 Å². The maximum atomic E-state index is 12.9. The van der Waals surface area contributed by atoms with Crippen molar-refractivity contribution in [2.75, 3.05) is 6.54 Å². The highest BCUT2D eigenvalue weighted by molar-refractivity contribution is 6.05. The van der Waals surface area contributed by atoms with Crippen molar-refractivity contribution in [2.24, 2.45) is 5.92 Å². The molecule has 2 N–H and O–H groups in total. The summed E-state index contributed by atoms with van der Waals surface area (Å²) in [6.07, 6.45) is 1.99. The Kier molecular flexibility index (Phi) is 5.96. The number of carbonyl (C=O) groups excluding carboxylic acids is 1. The first-order valence-corrected chi connectivity index (χ1v) is 9.67. The number of nitrogens with zero attached hydrogens (tertiary/aromatic N) is 3. The predicted octanol–water partition coefficient (Wildman–Crippen LogP) is 3.30. The third-order valence-electron chi connectivity index (χ3n) is 4.85. The Bertz CT molecular complexity index is 1060. The van der Waals surface area contributed by atoms with Crippen molar-refractivity contribution < 1.29 is 14.7 Å². The normalized spacial score (nSPS) is 12.3. The lowest BCUT2D eigenvalue weighted by molar-refractivity contribution is -0.141. The maximum Gasteiger partial charge on any atom is 0.308 e. The van der Waals surface area contributed by atoms with E-state index in [9.17, 15) is 14.7 Å². The van der Waals surface area contributed by atoms with Gasteiger partial charge in [0.2, 0.25) is 0 Å². The summed E-state index contributed by atoms with van der Waals surface area (Å²) in [5, 5.41) is 17.4. The molecule has 3 aromatic rings. The van der Waals surface area contributed by atoms with E-state index < -0.39 is 11.9 Å². The van der Waals surface area contributed by atoms with Gasteiger partial charge in [0, 0.05) is 18.3 Å². The van der Waals surface area contributed by atoms with Gasteiger partial charge in [0.15, 0.2) is 5.65 Å². The van der Waals surface area contributed by atoms with Gasteiger partial charge >= 0.3 is 5.97 Å². The number of amides is 1. The summed E-state index contributed by atoms with van der Waals surface area (Å²) in [4.78, 5) is 29.1. The van der Waals surface area contributed by atoms with E-state index in [4.69, 9.17) is 0 Å². The Morgan fingerprint density at radius 3 is 2.62 bits per heavy atom. The van der Waals surface area contributed by atoms with Crippen molar-refractivity contribution in [2.45, 2.75) is 40.2 Å². The lowest BCUT2D eigenvalue weighted by Gasteiger charge is -2.15. The Morgan fingerprint density at radius 2 is 1.97 bits per heavy atom. The number of aryl methyl sites for hydroxylation is 2. The molecule has 152 valence electrons. The third-order valence-corrected chi connectivity index (χ3v) is 4.85. The second kappa shape index (κ2) is 8.43. The number of hydrogen-bond acceptors (Lipinski definition) is 4. The average molecular weight is 394 g/mol. The fourth-order valence-electron chi connectivity index (χ4n) is 3.39. The molecule has 1 atom stereocenters. The van der Waals surface area contributed by atoms with Crippen molar-refractivity contribution >= 4 is 22.9 Å². The molecular weight excluding hydrogens is 368 g/mol. The van der Waals surface area contributed by atoms with Crippen LogP contribution in [0.2, 0.25) is 0 Å². The largest absolute Gasteiger partial charge is 0.481 e. The van der Waals surface area contributed by atoms with E-state index in [1.807, 2.05) is 52.0 Å². The number of carbonyl (C=O) groups is 2. The van der Waals surface area contributed by atoms with Gasteiger partial charge < -0.3 is 10.4 Å². The second-order valence-corrected chi connectivity index (χ2v) is 7.67. The number of carboxylic acid groups (broad SMARTS) is 1. The summed E-state index contributed by atoms with van der Waals surface area (Å²) in [5.74, 6) is -1.97. The minimum atomic E-state index is -0.935. The Hall–Kier alpha value is -3.22. The molecule has 2 heterocycles. The van der Waals surface area contributed by atoms with Crippen LogP contribution >= 0.6 is 0 Å². The molecule has 7 heteroatoms. The standard InChI is InChI=1S/C22H26N4O3/c1-13(2)26-20-19(12-24-26)18(9-15(4)25-20)21(27)23-11-17(22(28)29)10-16-7-5-6-14(3)8-16/h5-9,12-13,17H,10-11H2,1-4H3,(H,23,27)(H,28,29). The number of rotatable bonds is 7. The van der Waals surface area contributed by atoms with Crippen LogP contribution in [-0.2, 0) is 11.2 Å². The van der Waals surface area contributed by atoms with Crippen molar-refractivity contribution in [1.82, 2.24) is 20.1 Å². The van der Waals surface area contributed by atoms with E-state index in [0.717, 1.165) is 11.1 Å². The zero-order chi connectivity index (χ0) is 21.1. The molecule has 0 saturated heterocycles. The number of hydrogen-bond donors (Lipinski definition) is 2. The molecule has 1 unspecified atom stereocenters. The molecule has 0 bridgehead atoms. The van der Waals surface area contributed by atoms with Crippen molar-refractivity contribution in [1.29, 1.82) is 0 Å². The molecule has 0 saturated carbocycles. The summed E-state index contributed by atoms with van der Waals surface area (Å²) in [5.41, 5.74) is 3.83. The fourth-order valence-corrected chi connectivity index (χ4v) is 3.39. The van der Waals surface area contributed by atoms with Crippen LogP contribution in [0.3, 0.4) is 0 Å². The van der Waals surface area contributed by atoms with Crippen molar-refractivity contribution in [3.8, 4) is 0 Å². The van der Waals surface area contributed by atoms with Gasteiger partial charge in [0.25, 0.3) is 5.91 Å². The first kappa shape index (κ1) is 20.5. The molecular formula is C22H26N4O3. The van der Waals surface area contributed by atoms with Crippen LogP contribution in [0.25, 0.3) is 11.0 Å². The molecule has 0 aliphatic carbocycles. The topological polar surface area (TPSA) is 97.1 Å². The molecule has 7 nitrogen and oxygen atoms in total. The lowest BCUT2D eigenvalue weighted by Crippen LogP contribution is -2.34. The average Bonchev–Trinajstić information content (AvgIpc) is 3.07. The van der Waals surface area contributed by atoms with E-state index >= 15 is 0 Å². The first-order valence-electron chi connectivity index (χ1n) is 9.67. The van der Waals surface area contributed by atoms with E-state index in [-0.39, 0.29) is 18.5 Å². The Labute approximate surface area is 169 Å². The summed E-state index contributed by atoms with van der Waals surface area (Å²) < 4.78 is 1.77. The Morgan fingerprint density at radius 1 is 1.21 bits per heavy atom. The van der Waals surface area contributed by atoms with Gasteiger partial charge in [0.1, 0.15) is 0 Å². The van der Waals surface area contributed by atoms with E-state index in [0.29, 0.717) is 28.7 Å². The highest BCUT2D eigenvalue weighted by Gasteiger charge is 2.21. The van der Waals surface area contributed by atoms with Gasteiger partial charge in [-0.25, -0.2) is 9.67 Å². The van der Waals surface area contributed by atoms with Crippen molar-refractivity contribution in [3.63, 3.8) is 0 Å².